The Hall–Kier alpha value is -1.49. The van der Waals surface area contributed by atoms with E-state index in [4.69, 9.17) is 5.73 Å². The Morgan fingerprint density at radius 2 is 2.35 bits per heavy atom. The molecule has 0 aliphatic carbocycles. The topological polar surface area (TPSA) is 63.3 Å². The molecule has 1 aromatic rings. The molecule has 2 heterocycles. The zero-order chi connectivity index (χ0) is 12.4. The maximum atomic E-state index is 11.9. The molecule has 1 atom stereocenters. The zero-order valence-electron chi connectivity index (χ0n) is 10.4. The number of nitrogen functional groups attached to an aromatic ring is 1. The van der Waals surface area contributed by atoms with Crippen molar-refractivity contribution in [1.82, 2.24) is 14.8 Å². The van der Waals surface area contributed by atoms with Gasteiger partial charge in [-0.25, -0.2) is 0 Å². The molecule has 0 saturated carbocycles. The molecule has 94 valence electrons. The van der Waals surface area contributed by atoms with Gasteiger partial charge in [0.15, 0.2) is 0 Å². The molecule has 2 rings (SSSR count). The first-order chi connectivity index (χ1) is 8.06. The lowest BCUT2D eigenvalue weighted by Crippen LogP contribution is -2.31. The Bertz CT molecular complexity index is 413. The van der Waals surface area contributed by atoms with Crippen molar-refractivity contribution in [3.63, 3.8) is 0 Å². The van der Waals surface area contributed by atoms with Crippen LogP contribution in [0.15, 0.2) is 12.3 Å². The highest BCUT2D eigenvalue weighted by atomic mass is 16.1. The van der Waals surface area contributed by atoms with Crippen molar-refractivity contribution in [3.05, 3.63) is 18.0 Å². The van der Waals surface area contributed by atoms with Crippen LogP contribution in [-0.2, 0) is 7.05 Å². The first-order valence-electron chi connectivity index (χ1n) is 5.95. The molecule has 1 amide bonds. The summed E-state index contributed by atoms with van der Waals surface area (Å²) in [5.41, 5.74) is 6.89. The highest BCUT2D eigenvalue weighted by Crippen LogP contribution is 2.13. The minimum absolute atomic E-state index is 0.0428. The zero-order valence-corrected chi connectivity index (χ0v) is 10.4. The molecule has 0 spiro atoms. The van der Waals surface area contributed by atoms with Gasteiger partial charge >= 0.3 is 0 Å². The van der Waals surface area contributed by atoms with Gasteiger partial charge in [-0.1, -0.05) is 0 Å². The molecule has 5 heteroatoms. The summed E-state index contributed by atoms with van der Waals surface area (Å²) < 4.78 is 1.76. The van der Waals surface area contributed by atoms with Crippen molar-refractivity contribution in [2.24, 2.45) is 13.0 Å². The Labute approximate surface area is 102 Å². The number of aryl methyl sites for hydroxylation is 1. The van der Waals surface area contributed by atoms with Gasteiger partial charge in [0.2, 0.25) is 0 Å². The van der Waals surface area contributed by atoms with Crippen molar-refractivity contribution in [2.75, 3.05) is 32.4 Å². The maximum Gasteiger partial charge on any atom is 0.267 e. The molecular formula is C12H20N4O. The van der Waals surface area contributed by atoms with Crippen LogP contribution in [0, 0.1) is 5.92 Å². The fourth-order valence-corrected chi connectivity index (χ4v) is 2.34. The van der Waals surface area contributed by atoms with Crippen LogP contribution in [-0.4, -0.2) is 42.1 Å². The second-order valence-corrected chi connectivity index (χ2v) is 4.90. The van der Waals surface area contributed by atoms with Gasteiger partial charge in [0.05, 0.1) is 5.69 Å². The number of carbonyl (C=O) groups excluding carboxylic acids is 1. The summed E-state index contributed by atoms with van der Waals surface area (Å²) in [6.45, 7) is 2.93. The fourth-order valence-electron chi connectivity index (χ4n) is 2.34. The molecule has 5 nitrogen and oxygen atoms in total. The average molecular weight is 236 g/mol. The van der Waals surface area contributed by atoms with E-state index in [1.807, 2.05) is 7.05 Å². The normalized spacial score (nSPS) is 20.7. The molecule has 1 saturated heterocycles. The third-order valence-corrected chi connectivity index (χ3v) is 3.30. The number of nitrogens with two attached hydrogens (primary N) is 1. The number of carbonyl (C=O) groups is 1. The summed E-state index contributed by atoms with van der Waals surface area (Å²) >= 11 is 0. The number of amides is 1. The summed E-state index contributed by atoms with van der Waals surface area (Å²) in [6.07, 6.45) is 2.91. The molecule has 0 radical (unpaired) electrons. The molecule has 17 heavy (non-hydrogen) atoms. The van der Waals surface area contributed by atoms with Crippen LogP contribution in [0.5, 0.6) is 0 Å². The molecule has 1 aromatic heterocycles. The molecule has 0 aromatic carbocycles. The third-order valence-electron chi connectivity index (χ3n) is 3.30. The summed E-state index contributed by atoms with van der Waals surface area (Å²) in [5.74, 6) is 0.528. The summed E-state index contributed by atoms with van der Waals surface area (Å²) in [7, 11) is 3.94. The average Bonchev–Trinajstić information content (AvgIpc) is 2.81. The van der Waals surface area contributed by atoms with Crippen LogP contribution in [0.3, 0.4) is 0 Å². The van der Waals surface area contributed by atoms with E-state index in [-0.39, 0.29) is 5.91 Å². The van der Waals surface area contributed by atoms with Crippen LogP contribution < -0.4 is 11.1 Å². The van der Waals surface area contributed by atoms with E-state index in [0.29, 0.717) is 17.3 Å². The standard InChI is InChI=1S/C12H20N4O/c1-15-4-3-9(7-15)6-14-12(17)11-5-10(13)8-16(11)2/h5,8-9H,3-4,6-7,13H2,1-2H3,(H,14,17). The number of nitrogens with one attached hydrogen (secondary N) is 1. The van der Waals surface area contributed by atoms with Gasteiger partial charge in [0.25, 0.3) is 5.91 Å². The first kappa shape index (κ1) is 12.0. The maximum absolute atomic E-state index is 11.9. The predicted octanol–water partition coefficient (Wildman–Crippen LogP) is 0.289. The van der Waals surface area contributed by atoms with Crippen molar-refractivity contribution in [2.45, 2.75) is 6.42 Å². The van der Waals surface area contributed by atoms with E-state index in [9.17, 15) is 4.79 Å². The molecule has 1 fully saturated rings. The largest absolute Gasteiger partial charge is 0.397 e. The third kappa shape index (κ3) is 2.79. The van der Waals surface area contributed by atoms with E-state index in [2.05, 4.69) is 17.3 Å². The van der Waals surface area contributed by atoms with Crippen LogP contribution in [0.25, 0.3) is 0 Å². The quantitative estimate of drug-likeness (QED) is 0.793. The monoisotopic (exact) mass is 236 g/mol. The second-order valence-electron chi connectivity index (χ2n) is 4.90. The summed E-state index contributed by atoms with van der Waals surface area (Å²) in [6, 6.07) is 1.70. The highest BCUT2D eigenvalue weighted by Gasteiger charge is 2.20. The highest BCUT2D eigenvalue weighted by molar-refractivity contribution is 5.93. The molecule has 0 bridgehead atoms. The predicted molar refractivity (Wildman–Crippen MR) is 67.8 cm³/mol. The Morgan fingerprint density at radius 1 is 1.59 bits per heavy atom. The van der Waals surface area contributed by atoms with Crippen molar-refractivity contribution in [3.8, 4) is 0 Å². The molecule has 1 aliphatic rings. The Kier molecular flexibility index (Phi) is 3.38. The van der Waals surface area contributed by atoms with Gasteiger partial charge in [-0.15, -0.1) is 0 Å². The summed E-state index contributed by atoms with van der Waals surface area (Å²) in [5, 5.41) is 2.97. The van der Waals surface area contributed by atoms with Gasteiger partial charge in [-0.2, -0.15) is 0 Å². The Morgan fingerprint density at radius 3 is 2.88 bits per heavy atom. The van der Waals surface area contributed by atoms with Gasteiger partial charge in [0.1, 0.15) is 5.69 Å². The minimum Gasteiger partial charge on any atom is -0.397 e. The lowest BCUT2D eigenvalue weighted by molar-refractivity contribution is 0.0939. The smallest absolute Gasteiger partial charge is 0.267 e. The van der Waals surface area contributed by atoms with Gasteiger partial charge in [-0.3, -0.25) is 4.79 Å². The van der Waals surface area contributed by atoms with E-state index < -0.39 is 0 Å². The lowest BCUT2D eigenvalue weighted by atomic mass is 10.1. The van der Waals surface area contributed by atoms with Crippen molar-refractivity contribution < 1.29 is 4.79 Å². The number of rotatable bonds is 3. The molecule has 1 aliphatic heterocycles. The van der Waals surface area contributed by atoms with E-state index in [1.54, 1.807) is 16.8 Å². The molecule has 1 unspecified atom stereocenters. The number of likely N-dealkylation sites (tertiary alicyclic amines) is 1. The lowest BCUT2D eigenvalue weighted by Gasteiger charge is -2.11. The second kappa shape index (κ2) is 4.79. The minimum atomic E-state index is -0.0428. The number of hydrogen-bond donors (Lipinski definition) is 2. The summed E-state index contributed by atoms with van der Waals surface area (Å²) in [4.78, 5) is 14.2. The van der Waals surface area contributed by atoms with Crippen molar-refractivity contribution >= 4 is 11.6 Å². The Balaban J connectivity index is 1.87. The molecule has 3 N–H and O–H groups in total. The van der Waals surface area contributed by atoms with Crippen LogP contribution in [0.2, 0.25) is 0 Å². The van der Waals surface area contributed by atoms with Crippen LogP contribution in [0.4, 0.5) is 5.69 Å². The van der Waals surface area contributed by atoms with Crippen molar-refractivity contribution in [1.29, 1.82) is 0 Å². The number of nitrogens with zero attached hydrogens (tertiary/aromatic N) is 2. The number of anilines is 1. The number of hydrogen-bond acceptors (Lipinski definition) is 3. The van der Waals surface area contributed by atoms with Crippen LogP contribution >= 0.6 is 0 Å². The van der Waals surface area contributed by atoms with Gasteiger partial charge in [-0.05, 0) is 32.0 Å². The number of aromatic nitrogens is 1. The van der Waals surface area contributed by atoms with Gasteiger partial charge < -0.3 is 20.5 Å². The fraction of sp³-hybridized carbons (Fsp3) is 0.583. The first-order valence-corrected chi connectivity index (χ1v) is 5.95. The van der Waals surface area contributed by atoms with Crippen LogP contribution in [0.1, 0.15) is 16.9 Å². The van der Waals surface area contributed by atoms with E-state index in [1.165, 1.54) is 0 Å². The molecular weight excluding hydrogens is 216 g/mol. The van der Waals surface area contributed by atoms with Gasteiger partial charge in [0, 0.05) is 26.3 Å². The van der Waals surface area contributed by atoms with E-state index in [0.717, 1.165) is 26.1 Å². The van der Waals surface area contributed by atoms with E-state index >= 15 is 0 Å². The SMILES string of the molecule is CN1CCC(CNC(=O)c2cc(N)cn2C)C1.